The standard InChI is InChI=1S/C21H32N4O2/c26-20-7-15-27-21(17-25(20)12-6-18-4-2-1-3-5-18)8-13-24(14-9-21)19-16-22-10-11-23-19/h10-11,16,18H,1-9,12-15,17H2. The Kier molecular flexibility index (Phi) is 5.91. The summed E-state index contributed by atoms with van der Waals surface area (Å²) in [6.45, 7) is 4.03. The molecule has 3 fully saturated rings. The molecule has 2 saturated heterocycles. The summed E-state index contributed by atoms with van der Waals surface area (Å²) in [4.78, 5) is 25.6. The van der Waals surface area contributed by atoms with E-state index in [1.54, 1.807) is 12.4 Å². The van der Waals surface area contributed by atoms with E-state index in [-0.39, 0.29) is 11.5 Å². The lowest BCUT2D eigenvalue weighted by Gasteiger charge is -2.43. The largest absolute Gasteiger partial charge is 0.372 e. The molecule has 1 saturated carbocycles. The van der Waals surface area contributed by atoms with Crippen molar-refractivity contribution >= 4 is 11.7 Å². The van der Waals surface area contributed by atoms with E-state index in [2.05, 4.69) is 19.8 Å². The maximum atomic E-state index is 12.6. The minimum Gasteiger partial charge on any atom is -0.372 e. The molecule has 3 heterocycles. The van der Waals surface area contributed by atoms with Crippen LogP contribution in [0.4, 0.5) is 5.82 Å². The Morgan fingerprint density at radius 3 is 2.70 bits per heavy atom. The molecule has 0 aromatic carbocycles. The van der Waals surface area contributed by atoms with Gasteiger partial charge in [0.2, 0.25) is 5.91 Å². The van der Waals surface area contributed by atoms with Crippen LogP contribution in [0.2, 0.25) is 0 Å². The van der Waals surface area contributed by atoms with Gasteiger partial charge in [-0.2, -0.15) is 0 Å². The maximum Gasteiger partial charge on any atom is 0.224 e. The van der Waals surface area contributed by atoms with E-state index in [9.17, 15) is 4.79 Å². The van der Waals surface area contributed by atoms with Gasteiger partial charge in [0, 0.05) is 38.6 Å². The molecule has 1 amide bonds. The van der Waals surface area contributed by atoms with E-state index >= 15 is 0 Å². The number of hydrogen-bond acceptors (Lipinski definition) is 5. The summed E-state index contributed by atoms with van der Waals surface area (Å²) in [6, 6.07) is 0. The molecule has 0 atom stereocenters. The third-order valence-corrected chi connectivity index (χ3v) is 6.64. The Labute approximate surface area is 162 Å². The summed E-state index contributed by atoms with van der Waals surface area (Å²) in [5, 5.41) is 0. The monoisotopic (exact) mass is 372 g/mol. The molecule has 148 valence electrons. The second-order valence-electron chi connectivity index (χ2n) is 8.44. The van der Waals surface area contributed by atoms with E-state index in [0.717, 1.165) is 57.2 Å². The smallest absolute Gasteiger partial charge is 0.224 e. The van der Waals surface area contributed by atoms with Gasteiger partial charge in [0.15, 0.2) is 0 Å². The molecule has 0 radical (unpaired) electrons. The maximum absolute atomic E-state index is 12.6. The highest BCUT2D eigenvalue weighted by molar-refractivity contribution is 5.76. The Morgan fingerprint density at radius 2 is 1.96 bits per heavy atom. The van der Waals surface area contributed by atoms with Gasteiger partial charge in [0.05, 0.1) is 24.8 Å². The van der Waals surface area contributed by atoms with Crippen molar-refractivity contribution < 1.29 is 9.53 Å². The third kappa shape index (κ3) is 4.60. The van der Waals surface area contributed by atoms with Crippen molar-refractivity contribution in [3.63, 3.8) is 0 Å². The molecule has 2 aliphatic heterocycles. The highest BCUT2D eigenvalue weighted by atomic mass is 16.5. The minimum absolute atomic E-state index is 0.183. The fourth-order valence-electron chi connectivity index (χ4n) is 4.91. The number of carbonyl (C=O) groups excluding carboxylic acids is 1. The average Bonchev–Trinajstić information content (AvgIpc) is 2.87. The normalized spacial score (nSPS) is 24.2. The molecule has 4 rings (SSSR count). The lowest BCUT2D eigenvalue weighted by molar-refractivity contribution is -0.131. The number of amides is 1. The van der Waals surface area contributed by atoms with Crippen LogP contribution in [0.25, 0.3) is 0 Å². The van der Waals surface area contributed by atoms with Crippen molar-refractivity contribution in [3.8, 4) is 0 Å². The van der Waals surface area contributed by atoms with Gasteiger partial charge in [0.1, 0.15) is 5.82 Å². The molecule has 6 nitrogen and oxygen atoms in total. The Bertz CT molecular complexity index is 610. The molecule has 1 aliphatic carbocycles. The van der Waals surface area contributed by atoms with E-state index in [4.69, 9.17) is 4.74 Å². The quantitative estimate of drug-likeness (QED) is 0.813. The third-order valence-electron chi connectivity index (χ3n) is 6.64. The minimum atomic E-state index is -0.183. The molecule has 0 bridgehead atoms. The van der Waals surface area contributed by atoms with Crippen LogP contribution < -0.4 is 4.90 Å². The highest BCUT2D eigenvalue weighted by Crippen LogP contribution is 2.32. The summed E-state index contributed by atoms with van der Waals surface area (Å²) in [6.07, 6.45) is 15.7. The summed E-state index contributed by atoms with van der Waals surface area (Å²) in [5.74, 6) is 2.02. The lowest BCUT2D eigenvalue weighted by atomic mass is 9.86. The van der Waals surface area contributed by atoms with Crippen LogP contribution in [0.5, 0.6) is 0 Å². The van der Waals surface area contributed by atoms with Gasteiger partial charge in [-0.15, -0.1) is 0 Å². The Morgan fingerprint density at radius 1 is 1.15 bits per heavy atom. The van der Waals surface area contributed by atoms with Crippen molar-refractivity contribution in [2.75, 3.05) is 37.7 Å². The molecule has 0 unspecified atom stereocenters. The molecular formula is C21H32N4O2. The number of carbonyl (C=O) groups is 1. The van der Waals surface area contributed by atoms with Gasteiger partial charge in [-0.05, 0) is 25.2 Å². The molecule has 1 spiro atoms. The predicted molar refractivity (Wildman–Crippen MR) is 105 cm³/mol. The lowest BCUT2D eigenvalue weighted by Crippen LogP contribution is -2.52. The molecule has 6 heteroatoms. The first-order chi connectivity index (χ1) is 13.2. The topological polar surface area (TPSA) is 58.6 Å². The van der Waals surface area contributed by atoms with E-state index < -0.39 is 0 Å². The van der Waals surface area contributed by atoms with Crippen molar-refractivity contribution in [3.05, 3.63) is 18.6 Å². The Hall–Kier alpha value is -1.69. The first-order valence-corrected chi connectivity index (χ1v) is 10.7. The van der Waals surface area contributed by atoms with Crippen LogP contribution in [0.1, 0.15) is 57.8 Å². The summed E-state index contributed by atoms with van der Waals surface area (Å²) < 4.78 is 6.28. The highest BCUT2D eigenvalue weighted by Gasteiger charge is 2.40. The zero-order valence-corrected chi connectivity index (χ0v) is 16.3. The zero-order valence-electron chi connectivity index (χ0n) is 16.3. The summed E-state index contributed by atoms with van der Waals surface area (Å²) in [7, 11) is 0. The number of nitrogens with zero attached hydrogens (tertiary/aromatic N) is 4. The van der Waals surface area contributed by atoms with Crippen LogP contribution in [0.15, 0.2) is 18.6 Å². The van der Waals surface area contributed by atoms with Crippen molar-refractivity contribution in [1.82, 2.24) is 14.9 Å². The molecule has 1 aromatic rings. The second-order valence-corrected chi connectivity index (χ2v) is 8.44. The summed E-state index contributed by atoms with van der Waals surface area (Å²) >= 11 is 0. The SMILES string of the molecule is O=C1CCOC2(CCN(c3cnccn3)CC2)CN1CCC1CCCCC1. The van der Waals surface area contributed by atoms with Crippen molar-refractivity contribution in [1.29, 1.82) is 0 Å². The van der Waals surface area contributed by atoms with Crippen LogP contribution in [0, 0.1) is 5.92 Å². The van der Waals surface area contributed by atoms with Gasteiger partial charge in [0.25, 0.3) is 0 Å². The molecule has 3 aliphatic rings. The fourth-order valence-corrected chi connectivity index (χ4v) is 4.91. The number of anilines is 1. The van der Waals surface area contributed by atoms with E-state index in [1.807, 2.05) is 6.20 Å². The van der Waals surface area contributed by atoms with Crippen molar-refractivity contribution in [2.45, 2.75) is 63.4 Å². The second kappa shape index (κ2) is 8.55. The van der Waals surface area contributed by atoms with Gasteiger partial charge >= 0.3 is 0 Å². The number of rotatable bonds is 4. The van der Waals surface area contributed by atoms with Crippen LogP contribution >= 0.6 is 0 Å². The predicted octanol–water partition coefficient (Wildman–Crippen LogP) is 3.03. The van der Waals surface area contributed by atoms with Gasteiger partial charge in [-0.25, -0.2) is 4.98 Å². The van der Waals surface area contributed by atoms with Crippen LogP contribution in [-0.4, -0.2) is 59.2 Å². The Balaban J connectivity index is 1.35. The first kappa shape index (κ1) is 18.7. The fraction of sp³-hybridized carbons (Fsp3) is 0.762. The first-order valence-electron chi connectivity index (χ1n) is 10.7. The number of ether oxygens (including phenoxy) is 1. The number of piperidine rings is 1. The van der Waals surface area contributed by atoms with Crippen LogP contribution in [-0.2, 0) is 9.53 Å². The van der Waals surface area contributed by atoms with Gasteiger partial charge in [-0.3, -0.25) is 9.78 Å². The van der Waals surface area contributed by atoms with E-state index in [0.29, 0.717) is 13.0 Å². The molecular weight excluding hydrogens is 340 g/mol. The number of aromatic nitrogens is 2. The molecule has 27 heavy (non-hydrogen) atoms. The zero-order chi connectivity index (χ0) is 18.5. The molecule has 1 aromatic heterocycles. The average molecular weight is 373 g/mol. The van der Waals surface area contributed by atoms with E-state index in [1.165, 1.54) is 32.1 Å². The van der Waals surface area contributed by atoms with Gasteiger partial charge in [-0.1, -0.05) is 32.1 Å². The number of hydrogen-bond donors (Lipinski definition) is 0. The van der Waals surface area contributed by atoms with Gasteiger partial charge < -0.3 is 14.5 Å². The van der Waals surface area contributed by atoms with Crippen molar-refractivity contribution in [2.24, 2.45) is 5.92 Å². The van der Waals surface area contributed by atoms with Crippen LogP contribution in [0.3, 0.4) is 0 Å². The summed E-state index contributed by atoms with van der Waals surface area (Å²) in [5.41, 5.74) is -0.183. The molecule has 0 N–H and O–H groups in total.